The van der Waals surface area contributed by atoms with Gasteiger partial charge >= 0.3 is 12.3 Å². The van der Waals surface area contributed by atoms with Gasteiger partial charge in [0.05, 0.1) is 17.3 Å². The molecule has 1 aromatic carbocycles. The zero-order chi connectivity index (χ0) is 20.8. The van der Waals surface area contributed by atoms with Gasteiger partial charge in [-0.1, -0.05) is 17.7 Å². The molecule has 0 bridgehead atoms. The number of benzene rings is 1. The van der Waals surface area contributed by atoms with Crippen LogP contribution in [0.4, 0.5) is 22.4 Å². The Labute approximate surface area is 160 Å². The maximum absolute atomic E-state index is 13.5. The average Bonchev–Trinajstić information content (AvgIpc) is 3.15. The van der Waals surface area contributed by atoms with Crippen molar-refractivity contribution in [2.75, 3.05) is 6.54 Å². The minimum Gasteiger partial charge on any atom is -0.434 e. The van der Waals surface area contributed by atoms with Crippen LogP contribution in [0.5, 0.6) is 0 Å². The van der Waals surface area contributed by atoms with E-state index in [2.05, 4.69) is 5.10 Å². The van der Waals surface area contributed by atoms with Gasteiger partial charge in [0, 0.05) is 7.05 Å². The SMILES string of the molecule is Cn1nc([C@@H](c2ccc(F)c(Cl)c2)N2CC(C(N)=O)OC2=O)cc1C(F)(F)F. The first-order valence-corrected chi connectivity index (χ1v) is 8.19. The van der Waals surface area contributed by atoms with Crippen LogP contribution in [0, 0.1) is 5.82 Å². The van der Waals surface area contributed by atoms with Crippen molar-refractivity contribution in [1.82, 2.24) is 14.7 Å². The number of halogens is 5. The lowest BCUT2D eigenvalue weighted by Crippen LogP contribution is -2.35. The molecule has 2 heterocycles. The average molecular weight is 421 g/mol. The molecule has 0 radical (unpaired) electrons. The first kappa shape index (κ1) is 19.9. The summed E-state index contributed by atoms with van der Waals surface area (Å²) >= 11 is 5.79. The summed E-state index contributed by atoms with van der Waals surface area (Å²) in [6, 6.07) is 2.96. The number of nitrogens with zero attached hydrogens (tertiary/aromatic N) is 3. The fourth-order valence-corrected chi connectivity index (χ4v) is 3.11. The molecule has 0 spiro atoms. The van der Waals surface area contributed by atoms with Crippen LogP contribution in [0.15, 0.2) is 24.3 Å². The Hall–Kier alpha value is -2.82. The lowest BCUT2D eigenvalue weighted by molar-refractivity contribution is -0.143. The summed E-state index contributed by atoms with van der Waals surface area (Å²) in [5, 5.41) is 3.55. The van der Waals surface area contributed by atoms with Gasteiger partial charge in [0.15, 0.2) is 6.10 Å². The van der Waals surface area contributed by atoms with Gasteiger partial charge in [-0.15, -0.1) is 0 Å². The minimum absolute atomic E-state index is 0.167. The molecule has 2 N–H and O–H groups in total. The third kappa shape index (κ3) is 3.61. The van der Waals surface area contributed by atoms with Crippen molar-refractivity contribution in [2.24, 2.45) is 12.8 Å². The largest absolute Gasteiger partial charge is 0.434 e. The summed E-state index contributed by atoms with van der Waals surface area (Å²) in [6.45, 7) is -0.314. The lowest BCUT2D eigenvalue weighted by Gasteiger charge is -2.24. The highest BCUT2D eigenvalue weighted by molar-refractivity contribution is 6.30. The zero-order valence-corrected chi connectivity index (χ0v) is 15.0. The molecule has 2 amide bonds. The molecular formula is C16H13ClF4N4O3. The number of primary amides is 1. The third-order valence-corrected chi connectivity index (χ3v) is 4.49. The Morgan fingerprint density at radius 3 is 2.57 bits per heavy atom. The molecule has 7 nitrogen and oxygen atoms in total. The molecule has 12 heteroatoms. The Kier molecular flexibility index (Phi) is 4.96. The molecule has 150 valence electrons. The van der Waals surface area contributed by atoms with Crippen LogP contribution >= 0.6 is 11.6 Å². The van der Waals surface area contributed by atoms with Gasteiger partial charge in [0.1, 0.15) is 17.6 Å². The highest BCUT2D eigenvalue weighted by Gasteiger charge is 2.43. The second kappa shape index (κ2) is 6.97. The molecule has 0 aliphatic carbocycles. The fourth-order valence-electron chi connectivity index (χ4n) is 2.92. The minimum atomic E-state index is -4.69. The number of amides is 2. The highest BCUT2D eigenvalue weighted by Crippen LogP contribution is 2.36. The topological polar surface area (TPSA) is 90.5 Å². The smallest absolute Gasteiger partial charge is 0.433 e. The van der Waals surface area contributed by atoms with Crippen LogP contribution in [-0.2, 0) is 22.8 Å². The van der Waals surface area contributed by atoms with Crippen LogP contribution < -0.4 is 5.73 Å². The first-order chi connectivity index (χ1) is 13.0. The summed E-state index contributed by atoms with van der Waals surface area (Å²) in [5.41, 5.74) is 4.10. The Morgan fingerprint density at radius 2 is 2.07 bits per heavy atom. The summed E-state index contributed by atoms with van der Waals surface area (Å²) in [7, 11) is 1.09. The molecule has 1 fully saturated rings. The maximum atomic E-state index is 13.5. The normalized spacial score (nSPS) is 18.3. The van der Waals surface area contributed by atoms with Crippen molar-refractivity contribution in [2.45, 2.75) is 18.3 Å². The molecule has 1 saturated heterocycles. The van der Waals surface area contributed by atoms with Gasteiger partial charge in [-0.2, -0.15) is 18.3 Å². The number of hydrogen-bond acceptors (Lipinski definition) is 4. The number of hydrogen-bond donors (Lipinski definition) is 1. The van der Waals surface area contributed by atoms with Gasteiger partial charge in [0.2, 0.25) is 0 Å². The van der Waals surface area contributed by atoms with Crippen LogP contribution in [0.1, 0.15) is 23.0 Å². The second-order valence-electron chi connectivity index (χ2n) is 6.08. The van der Waals surface area contributed by atoms with E-state index in [1.165, 1.54) is 6.07 Å². The van der Waals surface area contributed by atoms with Crippen LogP contribution in [0.25, 0.3) is 0 Å². The quantitative estimate of drug-likeness (QED) is 0.770. The molecule has 3 rings (SSSR count). The number of cyclic esters (lactones) is 1. The second-order valence-corrected chi connectivity index (χ2v) is 6.49. The van der Waals surface area contributed by atoms with E-state index in [0.717, 1.165) is 30.1 Å². The predicted molar refractivity (Wildman–Crippen MR) is 87.6 cm³/mol. The fraction of sp³-hybridized carbons (Fsp3) is 0.312. The number of nitrogens with two attached hydrogens (primary N) is 1. The summed E-state index contributed by atoms with van der Waals surface area (Å²) in [4.78, 5) is 24.6. The van der Waals surface area contributed by atoms with E-state index in [4.69, 9.17) is 22.1 Å². The van der Waals surface area contributed by atoms with Crippen molar-refractivity contribution in [1.29, 1.82) is 0 Å². The molecule has 1 aliphatic heterocycles. The number of carbonyl (C=O) groups excluding carboxylic acids is 2. The van der Waals surface area contributed by atoms with Gasteiger partial charge < -0.3 is 10.5 Å². The molecule has 28 heavy (non-hydrogen) atoms. The summed E-state index contributed by atoms with van der Waals surface area (Å²) in [6.07, 6.45) is -6.95. The number of aryl methyl sites for hydroxylation is 1. The van der Waals surface area contributed by atoms with Crippen LogP contribution in [0.3, 0.4) is 0 Å². The molecule has 2 aromatic rings. The number of alkyl halides is 3. The van der Waals surface area contributed by atoms with Crippen LogP contribution in [0.2, 0.25) is 5.02 Å². The van der Waals surface area contributed by atoms with Gasteiger partial charge in [-0.3, -0.25) is 14.4 Å². The maximum Gasteiger partial charge on any atom is 0.433 e. The summed E-state index contributed by atoms with van der Waals surface area (Å²) in [5.74, 6) is -1.66. The molecule has 0 saturated carbocycles. The molecule has 1 unspecified atom stereocenters. The van der Waals surface area contributed by atoms with Gasteiger partial charge in [0.25, 0.3) is 5.91 Å². The van der Waals surface area contributed by atoms with Crippen molar-refractivity contribution in [3.05, 3.63) is 52.1 Å². The molecular weight excluding hydrogens is 408 g/mol. The van der Waals surface area contributed by atoms with E-state index in [1.54, 1.807) is 0 Å². The highest BCUT2D eigenvalue weighted by atomic mass is 35.5. The van der Waals surface area contributed by atoms with Crippen LogP contribution in [-0.4, -0.2) is 39.3 Å². The first-order valence-electron chi connectivity index (χ1n) is 7.81. The van der Waals surface area contributed by atoms with Crippen molar-refractivity contribution in [3.8, 4) is 0 Å². The monoisotopic (exact) mass is 420 g/mol. The molecule has 1 aromatic heterocycles. The Morgan fingerprint density at radius 1 is 1.39 bits per heavy atom. The van der Waals surface area contributed by atoms with Crippen molar-refractivity contribution < 1.29 is 31.9 Å². The van der Waals surface area contributed by atoms with E-state index in [9.17, 15) is 27.2 Å². The van der Waals surface area contributed by atoms with E-state index in [1.807, 2.05) is 0 Å². The predicted octanol–water partition coefficient (Wildman–Crippen LogP) is 2.63. The van der Waals surface area contributed by atoms with Crippen molar-refractivity contribution in [3.63, 3.8) is 0 Å². The lowest BCUT2D eigenvalue weighted by atomic mass is 10.0. The van der Waals surface area contributed by atoms with E-state index < -0.39 is 41.8 Å². The molecule has 2 atom stereocenters. The van der Waals surface area contributed by atoms with Gasteiger partial charge in [-0.25, -0.2) is 9.18 Å². The summed E-state index contributed by atoms with van der Waals surface area (Å²) < 4.78 is 58.5. The number of ether oxygens (including phenoxy) is 1. The number of rotatable bonds is 4. The van der Waals surface area contributed by atoms with Crippen molar-refractivity contribution >= 4 is 23.6 Å². The Bertz CT molecular complexity index is 946. The third-order valence-electron chi connectivity index (χ3n) is 4.20. The zero-order valence-electron chi connectivity index (χ0n) is 14.2. The van der Waals surface area contributed by atoms with E-state index in [-0.39, 0.29) is 22.8 Å². The van der Waals surface area contributed by atoms with E-state index in [0.29, 0.717) is 4.68 Å². The Balaban J connectivity index is 2.11. The molecule has 1 aliphatic rings. The standard InChI is InChI=1S/C16H13ClF4N4O3/c1-24-12(16(19,20)21)5-10(23-24)13(7-2-3-9(18)8(17)4-7)25-6-11(14(22)26)28-15(25)27/h2-5,11,13H,6H2,1H3,(H2,22,26)/t11?,13-/m1/s1. The van der Waals surface area contributed by atoms with E-state index >= 15 is 0 Å². The number of aromatic nitrogens is 2. The number of carbonyl (C=O) groups is 2. The van der Waals surface area contributed by atoms with Gasteiger partial charge in [-0.05, 0) is 23.8 Å².